The maximum atomic E-state index is 13.2. The maximum Gasteiger partial charge on any atom is 0.261 e. The highest BCUT2D eigenvalue weighted by Gasteiger charge is 2.29. The molecule has 0 spiro atoms. The zero-order valence-electron chi connectivity index (χ0n) is 20.4. The molecule has 0 bridgehead atoms. The van der Waals surface area contributed by atoms with Gasteiger partial charge in [0.1, 0.15) is 11.8 Å². The van der Waals surface area contributed by atoms with Crippen LogP contribution in [0, 0.1) is 0 Å². The van der Waals surface area contributed by atoms with Gasteiger partial charge in [-0.2, -0.15) is 0 Å². The summed E-state index contributed by atoms with van der Waals surface area (Å²) in [5.74, 6) is 0.309. The number of nitrogens with one attached hydrogen (secondary N) is 1. The normalized spacial score (nSPS) is 13.2. The molecule has 2 aromatic rings. The molecule has 174 valence electrons. The molecule has 0 aliphatic rings. The average molecular weight is 439 g/mol. The van der Waals surface area contributed by atoms with Gasteiger partial charge in [0, 0.05) is 12.6 Å². The van der Waals surface area contributed by atoms with Crippen molar-refractivity contribution in [2.75, 3.05) is 6.61 Å². The molecule has 0 radical (unpaired) electrons. The fraction of sp³-hybridized carbons (Fsp3) is 0.481. The zero-order chi connectivity index (χ0) is 23.7. The Kier molecular flexibility index (Phi) is 9.30. The van der Waals surface area contributed by atoms with Gasteiger partial charge in [-0.25, -0.2) is 0 Å². The van der Waals surface area contributed by atoms with Crippen LogP contribution in [0.2, 0.25) is 0 Å². The second-order valence-corrected chi connectivity index (χ2v) is 9.31. The number of benzene rings is 2. The summed E-state index contributed by atoms with van der Waals surface area (Å²) in [4.78, 5) is 27.8. The standard InChI is InChI=1S/C27H38N2O3/c1-7-20(3)28-26(31)24(8-2)29(18-21-12-10-9-11-13-21)25(30)19-32-23-16-14-22(15-17-23)27(4,5)6/h9-17,20,24H,7-8,18-19H2,1-6H3,(H,28,31)/t20-,24-/m0/s1. The van der Waals surface area contributed by atoms with Gasteiger partial charge in [-0.15, -0.1) is 0 Å². The van der Waals surface area contributed by atoms with Crippen LogP contribution in [0.25, 0.3) is 0 Å². The first-order chi connectivity index (χ1) is 15.2. The Morgan fingerprint density at radius 3 is 2.12 bits per heavy atom. The van der Waals surface area contributed by atoms with Crippen molar-refractivity contribution < 1.29 is 14.3 Å². The fourth-order valence-electron chi connectivity index (χ4n) is 3.42. The summed E-state index contributed by atoms with van der Waals surface area (Å²) in [5.41, 5.74) is 2.23. The van der Waals surface area contributed by atoms with Gasteiger partial charge in [-0.1, -0.05) is 77.1 Å². The minimum atomic E-state index is -0.552. The van der Waals surface area contributed by atoms with E-state index in [0.717, 1.165) is 12.0 Å². The minimum absolute atomic E-state index is 0.0537. The third-order valence-electron chi connectivity index (χ3n) is 5.67. The van der Waals surface area contributed by atoms with E-state index in [1.54, 1.807) is 4.90 Å². The van der Waals surface area contributed by atoms with Gasteiger partial charge in [0.25, 0.3) is 5.91 Å². The fourth-order valence-corrected chi connectivity index (χ4v) is 3.42. The molecule has 0 saturated heterocycles. The Balaban J connectivity index is 2.16. The lowest BCUT2D eigenvalue weighted by Crippen LogP contribution is -2.51. The topological polar surface area (TPSA) is 58.6 Å². The third-order valence-corrected chi connectivity index (χ3v) is 5.67. The number of amides is 2. The molecule has 2 atom stereocenters. The summed E-state index contributed by atoms with van der Waals surface area (Å²) >= 11 is 0. The second kappa shape index (κ2) is 11.7. The Hall–Kier alpha value is -2.82. The first kappa shape index (κ1) is 25.4. The van der Waals surface area contributed by atoms with Gasteiger partial charge in [-0.05, 0) is 48.4 Å². The van der Waals surface area contributed by atoms with Gasteiger partial charge in [-0.3, -0.25) is 9.59 Å². The molecule has 32 heavy (non-hydrogen) atoms. The molecule has 2 amide bonds. The van der Waals surface area contributed by atoms with Gasteiger partial charge < -0.3 is 15.0 Å². The molecule has 0 heterocycles. The van der Waals surface area contributed by atoms with Crippen LogP contribution in [0.1, 0.15) is 65.5 Å². The van der Waals surface area contributed by atoms with E-state index in [4.69, 9.17) is 4.74 Å². The van der Waals surface area contributed by atoms with Crippen molar-refractivity contribution in [1.29, 1.82) is 0 Å². The van der Waals surface area contributed by atoms with Crippen LogP contribution in [0.3, 0.4) is 0 Å². The lowest BCUT2D eigenvalue weighted by molar-refractivity contribution is -0.143. The van der Waals surface area contributed by atoms with Crippen molar-refractivity contribution in [1.82, 2.24) is 10.2 Å². The summed E-state index contributed by atoms with van der Waals surface area (Å²) in [7, 11) is 0. The Labute approximate surface area is 193 Å². The van der Waals surface area contributed by atoms with Crippen molar-refractivity contribution in [3.8, 4) is 5.75 Å². The van der Waals surface area contributed by atoms with Crippen molar-refractivity contribution >= 4 is 11.8 Å². The number of carbonyl (C=O) groups excluding carboxylic acids is 2. The van der Waals surface area contributed by atoms with Crippen molar-refractivity contribution in [2.24, 2.45) is 0 Å². The number of rotatable bonds is 10. The molecule has 0 aliphatic heterocycles. The molecule has 0 aromatic heterocycles. The first-order valence-electron chi connectivity index (χ1n) is 11.5. The minimum Gasteiger partial charge on any atom is -0.484 e. The average Bonchev–Trinajstić information content (AvgIpc) is 2.77. The summed E-state index contributed by atoms with van der Waals surface area (Å²) < 4.78 is 5.81. The summed E-state index contributed by atoms with van der Waals surface area (Å²) in [5, 5.41) is 3.02. The highest BCUT2D eigenvalue weighted by molar-refractivity contribution is 5.88. The number of ether oxygens (including phenoxy) is 1. The van der Waals surface area contributed by atoms with Crippen LogP contribution < -0.4 is 10.1 Å². The quantitative estimate of drug-likeness (QED) is 0.562. The van der Waals surface area contributed by atoms with Crippen LogP contribution in [0.4, 0.5) is 0 Å². The Morgan fingerprint density at radius 2 is 1.59 bits per heavy atom. The predicted octanol–water partition coefficient (Wildman–Crippen LogP) is 5.09. The van der Waals surface area contributed by atoms with Crippen molar-refractivity contribution in [3.05, 3.63) is 65.7 Å². The van der Waals surface area contributed by atoms with Crippen LogP contribution in [0.5, 0.6) is 5.75 Å². The number of nitrogens with zero attached hydrogens (tertiary/aromatic N) is 1. The van der Waals surface area contributed by atoms with Crippen LogP contribution >= 0.6 is 0 Å². The molecule has 0 aliphatic carbocycles. The van der Waals surface area contributed by atoms with Crippen LogP contribution in [0.15, 0.2) is 54.6 Å². The van der Waals surface area contributed by atoms with Gasteiger partial charge in [0.15, 0.2) is 6.61 Å². The number of hydrogen-bond acceptors (Lipinski definition) is 3. The highest BCUT2D eigenvalue weighted by atomic mass is 16.5. The van der Waals surface area contributed by atoms with E-state index in [2.05, 4.69) is 26.1 Å². The third kappa shape index (κ3) is 7.40. The SMILES string of the molecule is CC[C@H](C)NC(=O)[C@H](CC)N(Cc1ccccc1)C(=O)COc1ccc(C(C)(C)C)cc1. The summed E-state index contributed by atoms with van der Waals surface area (Å²) in [6.45, 7) is 12.6. The van der Waals surface area contributed by atoms with E-state index in [-0.39, 0.29) is 29.9 Å². The van der Waals surface area contributed by atoms with E-state index < -0.39 is 6.04 Å². The molecule has 1 N–H and O–H groups in total. The second-order valence-electron chi connectivity index (χ2n) is 9.31. The van der Waals surface area contributed by atoms with Gasteiger partial charge >= 0.3 is 0 Å². The largest absolute Gasteiger partial charge is 0.484 e. The van der Waals surface area contributed by atoms with Gasteiger partial charge in [0.2, 0.25) is 5.91 Å². The predicted molar refractivity (Wildman–Crippen MR) is 130 cm³/mol. The number of hydrogen-bond donors (Lipinski definition) is 1. The molecule has 5 nitrogen and oxygen atoms in total. The molecule has 0 fully saturated rings. The molecule has 2 rings (SSSR count). The molecular formula is C27H38N2O3. The smallest absolute Gasteiger partial charge is 0.261 e. The zero-order valence-corrected chi connectivity index (χ0v) is 20.4. The lowest BCUT2D eigenvalue weighted by Gasteiger charge is -2.31. The van der Waals surface area contributed by atoms with Crippen molar-refractivity contribution in [3.63, 3.8) is 0 Å². The monoisotopic (exact) mass is 438 g/mol. The number of carbonyl (C=O) groups is 2. The highest BCUT2D eigenvalue weighted by Crippen LogP contribution is 2.24. The molecule has 5 heteroatoms. The van der Waals surface area contributed by atoms with E-state index in [9.17, 15) is 9.59 Å². The Morgan fingerprint density at radius 1 is 0.969 bits per heavy atom. The lowest BCUT2D eigenvalue weighted by atomic mass is 9.87. The Bertz CT molecular complexity index is 857. The van der Waals surface area contributed by atoms with E-state index >= 15 is 0 Å². The van der Waals surface area contributed by atoms with Gasteiger partial charge in [0.05, 0.1) is 0 Å². The maximum absolute atomic E-state index is 13.2. The summed E-state index contributed by atoms with van der Waals surface area (Å²) in [6, 6.07) is 17.1. The van der Waals surface area contributed by atoms with Crippen molar-refractivity contribution in [2.45, 2.75) is 78.4 Å². The molecular weight excluding hydrogens is 400 g/mol. The van der Waals surface area contributed by atoms with E-state index in [1.807, 2.05) is 75.4 Å². The van der Waals surface area contributed by atoms with E-state index in [1.165, 1.54) is 5.56 Å². The molecule has 0 unspecified atom stereocenters. The summed E-state index contributed by atoms with van der Waals surface area (Å²) in [6.07, 6.45) is 1.36. The molecule has 0 saturated carbocycles. The van der Waals surface area contributed by atoms with E-state index in [0.29, 0.717) is 18.7 Å². The first-order valence-corrected chi connectivity index (χ1v) is 11.5. The molecule has 2 aromatic carbocycles. The van der Waals surface area contributed by atoms with Crippen LogP contribution in [-0.4, -0.2) is 35.4 Å². The van der Waals surface area contributed by atoms with Crippen LogP contribution in [-0.2, 0) is 21.5 Å².